The van der Waals surface area contributed by atoms with Gasteiger partial charge in [-0.25, -0.2) is 0 Å². The second-order valence-electron chi connectivity index (χ2n) is 8.91. The van der Waals surface area contributed by atoms with Gasteiger partial charge in [0, 0.05) is 27.6 Å². The summed E-state index contributed by atoms with van der Waals surface area (Å²) in [5, 5.41) is 4.99. The molecular weight excluding hydrogens is 394 g/mol. The van der Waals surface area contributed by atoms with Gasteiger partial charge in [-0.1, -0.05) is 99.3 Å². The van der Waals surface area contributed by atoms with Crippen LogP contribution in [0.1, 0.15) is 26.3 Å². The fourth-order valence-electron chi connectivity index (χ4n) is 4.15. The molecule has 0 radical (unpaired) electrons. The van der Waals surface area contributed by atoms with E-state index in [1.807, 2.05) is 24.2 Å². The summed E-state index contributed by atoms with van der Waals surface area (Å²) >= 11 is 1.84. The summed E-state index contributed by atoms with van der Waals surface area (Å²) in [6.45, 7) is 6.77. The highest BCUT2D eigenvalue weighted by Gasteiger charge is 2.17. The molecule has 31 heavy (non-hydrogen) atoms. The van der Waals surface area contributed by atoms with Crippen LogP contribution >= 0.6 is 11.8 Å². The highest BCUT2D eigenvalue weighted by atomic mass is 32.2. The van der Waals surface area contributed by atoms with E-state index in [4.69, 9.17) is 0 Å². The van der Waals surface area contributed by atoms with Crippen molar-refractivity contribution in [2.24, 2.45) is 0 Å². The van der Waals surface area contributed by atoms with Crippen LogP contribution in [0.15, 0.2) is 107 Å². The first-order valence-electron chi connectivity index (χ1n) is 10.6. The lowest BCUT2D eigenvalue weighted by atomic mass is 9.87. The fraction of sp³-hybridized carbons (Fsp3) is 0.138. The van der Waals surface area contributed by atoms with Crippen molar-refractivity contribution in [1.29, 1.82) is 0 Å². The van der Waals surface area contributed by atoms with Crippen molar-refractivity contribution >= 4 is 33.3 Å². The molecule has 1 aromatic heterocycles. The second-order valence-corrected chi connectivity index (χ2v) is 10.00. The number of hydrogen-bond acceptors (Lipinski definition) is 2. The average Bonchev–Trinajstić information content (AvgIpc) is 2.79. The van der Waals surface area contributed by atoms with Crippen molar-refractivity contribution in [2.75, 3.05) is 0 Å². The van der Waals surface area contributed by atoms with Crippen LogP contribution in [-0.4, -0.2) is 4.98 Å². The minimum absolute atomic E-state index is 0.158. The van der Waals surface area contributed by atoms with Crippen LogP contribution < -0.4 is 0 Å². The number of hydrogen-bond donors (Lipinski definition) is 0. The predicted octanol–water partition coefficient (Wildman–Crippen LogP) is 8.50. The van der Waals surface area contributed by atoms with Crippen molar-refractivity contribution in [3.05, 3.63) is 103 Å². The summed E-state index contributed by atoms with van der Waals surface area (Å²) in [5.74, 6) is 0. The number of aromatic nitrogens is 1. The van der Waals surface area contributed by atoms with Crippen LogP contribution in [0.5, 0.6) is 0 Å². The van der Waals surface area contributed by atoms with Crippen LogP contribution in [0.3, 0.4) is 0 Å². The SMILES string of the molecule is CC(C)(C)c1ccc(Sc2c3ccccc3c(-c3ccccc3)c3cnccc23)cc1. The van der Waals surface area contributed by atoms with Gasteiger partial charge in [-0.05, 0) is 56.5 Å². The van der Waals surface area contributed by atoms with Gasteiger partial charge in [0.15, 0.2) is 0 Å². The largest absolute Gasteiger partial charge is 0.264 e. The van der Waals surface area contributed by atoms with E-state index in [0.717, 1.165) is 0 Å². The first-order chi connectivity index (χ1) is 15.0. The molecule has 0 spiro atoms. The lowest BCUT2D eigenvalue weighted by molar-refractivity contribution is 0.590. The molecule has 5 aromatic rings. The van der Waals surface area contributed by atoms with E-state index in [2.05, 4.69) is 111 Å². The molecule has 0 fully saturated rings. The van der Waals surface area contributed by atoms with Gasteiger partial charge in [0.25, 0.3) is 0 Å². The van der Waals surface area contributed by atoms with Gasteiger partial charge in [-0.2, -0.15) is 0 Å². The van der Waals surface area contributed by atoms with Crippen LogP contribution in [0.25, 0.3) is 32.7 Å². The number of pyridine rings is 1. The van der Waals surface area contributed by atoms with Crippen LogP contribution in [0, 0.1) is 0 Å². The monoisotopic (exact) mass is 419 g/mol. The van der Waals surface area contributed by atoms with Crippen molar-refractivity contribution < 1.29 is 0 Å². The van der Waals surface area contributed by atoms with Gasteiger partial charge in [0.2, 0.25) is 0 Å². The number of fused-ring (bicyclic) bond motifs is 2. The van der Waals surface area contributed by atoms with E-state index in [-0.39, 0.29) is 5.41 Å². The number of nitrogens with zero attached hydrogens (tertiary/aromatic N) is 1. The smallest absolute Gasteiger partial charge is 0.0353 e. The molecule has 0 unspecified atom stereocenters. The molecule has 1 heterocycles. The Morgan fingerprint density at radius 3 is 2.00 bits per heavy atom. The molecule has 0 aliphatic heterocycles. The topological polar surface area (TPSA) is 12.9 Å². The van der Waals surface area contributed by atoms with Gasteiger partial charge < -0.3 is 0 Å². The zero-order valence-electron chi connectivity index (χ0n) is 18.1. The van der Waals surface area contributed by atoms with Gasteiger partial charge in [0.1, 0.15) is 0 Å². The maximum Gasteiger partial charge on any atom is 0.0353 e. The third-order valence-electron chi connectivity index (χ3n) is 5.78. The lowest BCUT2D eigenvalue weighted by Crippen LogP contribution is -2.10. The van der Waals surface area contributed by atoms with Crippen molar-refractivity contribution in [2.45, 2.75) is 36.0 Å². The fourth-order valence-corrected chi connectivity index (χ4v) is 5.23. The second kappa shape index (κ2) is 7.86. The molecule has 0 N–H and O–H groups in total. The molecule has 4 aromatic carbocycles. The number of benzene rings is 4. The summed E-state index contributed by atoms with van der Waals surface area (Å²) in [5.41, 5.74) is 4.00. The highest BCUT2D eigenvalue weighted by Crippen LogP contribution is 2.44. The van der Waals surface area contributed by atoms with E-state index >= 15 is 0 Å². The zero-order chi connectivity index (χ0) is 21.4. The Hall–Kier alpha value is -3.10. The molecule has 152 valence electrons. The Bertz CT molecular complexity index is 1310. The third-order valence-corrected chi connectivity index (χ3v) is 6.93. The van der Waals surface area contributed by atoms with E-state index in [1.54, 1.807) is 0 Å². The molecule has 0 amide bonds. The first kappa shape index (κ1) is 19.8. The van der Waals surface area contributed by atoms with E-state index in [1.165, 1.54) is 48.0 Å². The van der Waals surface area contributed by atoms with Crippen LogP contribution in [0.2, 0.25) is 0 Å². The molecule has 0 aliphatic carbocycles. The molecule has 0 bridgehead atoms. The minimum Gasteiger partial charge on any atom is -0.264 e. The zero-order valence-corrected chi connectivity index (χ0v) is 18.9. The Morgan fingerprint density at radius 2 is 1.29 bits per heavy atom. The van der Waals surface area contributed by atoms with Gasteiger partial charge in [-0.3, -0.25) is 4.98 Å². The molecule has 0 saturated carbocycles. The Kier molecular flexibility index (Phi) is 5.03. The molecule has 1 nitrogen and oxygen atoms in total. The normalized spacial score (nSPS) is 11.8. The Labute approximate surface area is 188 Å². The minimum atomic E-state index is 0.158. The average molecular weight is 420 g/mol. The molecule has 0 atom stereocenters. The van der Waals surface area contributed by atoms with Crippen molar-refractivity contribution in [3.63, 3.8) is 0 Å². The maximum atomic E-state index is 4.48. The summed E-state index contributed by atoms with van der Waals surface area (Å²) in [6, 6.07) is 30.5. The van der Waals surface area contributed by atoms with Crippen LogP contribution in [-0.2, 0) is 5.41 Å². The molecule has 0 aliphatic rings. The molecule has 2 heteroatoms. The maximum absolute atomic E-state index is 4.48. The van der Waals surface area contributed by atoms with E-state index in [0.29, 0.717) is 0 Å². The van der Waals surface area contributed by atoms with Crippen LogP contribution in [0.4, 0.5) is 0 Å². The van der Waals surface area contributed by atoms with E-state index in [9.17, 15) is 0 Å². The highest BCUT2D eigenvalue weighted by molar-refractivity contribution is 7.99. The summed E-state index contributed by atoms with van der Waals surface area (Å²) < 4.78 is 0. The summed E-state index contributed by atoms with van der Waals surface area (Å²) in [6.07, 6.45) is 3.91. The Morgan fingerprint density at radius 1 is 0.645 bits per heavy atom. The standard InChI is InChI=1S/C29H25NS/c1-29(2,3)21-13-15-22(16-14-21)31-28-24-12-8-7-11-23(24)27(20-9-5-4-6-10-20)26-19-30-18-17-25(26)28/h4-19H,1-3H3. The number of rotatable bonds is 3. The summed E-state index contributed by atoms with van der Waals surface area (Å²) in [7, 11) is 0. The predicted molar refractivity (Wildman–Crippen MR) is 134 cm³/mol. The van der Waals surface area contributed by atoms with Crippen molar-refractivity contribution in [3.8, 4) is 11.1 Å². The van der Waals surface area contributed by atoms with E-state index < -0.39 is 0 Å². The third kappa shape index (κ3) is 3.73. The molecule has 0 saturated heterocycles. The first-order valence-corrected chi connectivity index (χ1v) is 11.5. The van der Waals surface area contributed by atoms with Crippen molar-refractivity contribution in [1.82, 2.24) is 4.98 Å². The van der Waals surface area contributed by atoms with Gasteiger partial charge in [0.05, 0.1) is 0 Å². The lowest BCUT2D eigenvalue weighted by Gasteiger charge is -2.19. The van der Waals surface area contributed by atoms with Gasteiger partial charge >= 0.3 is 0 Å². The molecular formula is C29H25NS. The molecule has 5 rings (SSSR count). The van der Waals surface area contributed by atoms with Gasteiger partial charge in [-0.15, -0.1) is 0 Å². The quantitative estimate of drug-likeness (QED) is 0.272. The summed E-state index contributed by atoms with van der Waals surface area (Å²) in [4.78, 5) is 7.02. The Balaban J connectivity index is 1.74.